The summed E-state index contributed by atoms with van der Waals surface area (Å²) >= 11 is 0. The average Bonchev–Trinajstić information content (AvgIpc) is 1.86. The van der Waals surface area contributed by atoms with Gasteiger partial charge in [0.15, 0.2) is 0 Å². The number of hydrogen-bond donors (Lipinski definition) is 1. The summed E-state index contributed by atoms with van der Waals surface area (Å²) in [5.41, 5.74) is -0.199. The van der Waals surface area contributed by atoms with Gasteiger partial charge in [-0.2, -0.15) is 0 Å². The molecule has 0 radical (unpaired) electrons. The Morgan fingerprint density at radius 3 is 3.00 bits per heavy atom. The third-order valence-corrected chi connectivity index (χ3v) is 0.447. The molecule has 0 fully saturated rings. The summed E-state index contributed by atoms with van der Waals surface area (Å²) in [6.45, 7) is 0. The van der Waals surface area contributed by atoms with Crippen molar-refractivity contribution in [3.8, 4) is 0 Å². The molecule has 0 aliphatic heterocycles. The van der Waals surface area contributed by atoms with E-state index in [9.17, 15) is 4.79 Å². The molecule has 1 heterocycles. The van der Waals surface area contributed by atoms with Crippen LogP contribution >= 0.6 is 0 Å². The number of rotatable bonds is 0. The van der Waals surface area contributed by atoms with E-state index in [1.54, 1.807) is 0 Å². The van der Waals surface area contributed by atoms with Gasteiger partial charge in [-0.25, -0.2) is 0 Å². The van der Waals surface area contributed by atoms with Crippen LogP contribution in [0.15, 0.2) is 15.2 Å². The average molecular weight is 82.9 g/mol. The Balaban J connectivity index is 3.41. The fraction of sp³-hybridized carbons (Fsp3) is 0. The number of aromatic amines is 1. The Kier molecular flexibility index (Phi) is 0.635. The maximum atomic E-state index is 9.92. The second-order valence-electron chi connectivity index (χ2n) is 0.887. The molecule has 0 aliphatic rings. The molecule has 0 aromatic carbocycles. The second kappa shape index (κ2) is 1.12. The van der Waals surface area contributed by atoms with Gasteiger partial charge in [0.05, 0.1) is 0 Å². The van der Waals surface area contributed by atoms with Crippen LogP contribution in [0, 0.1) is 0 Å². The van der Waals surface area contributed by atoms with E-state index in [2.05, 4.69) is 9.59 Å². The van der Waals surface area contributed by atoms with Gasteiger partial charge in [0, 0.05) is 0 Å². The van der Waals surface area contributed by atoms with Crippen LogP contribution < -0.4 is 5.56 Å². The molecule has 1 aromatic heterocycles. The van der Waals surface area contributed by atoms with Crippen molar-refractivity contribution in [1.82, 2.24) is 5.16 Å². The van der Waals surface area contributed by atoms with Gasteiger partial charge in [-0.15, -0.1) is 0 Å². The molecule has 0 unspecified atom stereocenters. The van der Waals surface area contributed by atoms with Crippen LogP contribution in [0.2, 0.25) is 0 Å². The normalized spacial score (nSPS) is 8.00. The number of nitrogens with one attached hydrogen (secondary N) is 1. The maximum absolute atomic E-state index is 9.92. The van der Waals surface area contributed by atoms with Crippen LogP contribution in [0.25, 0.3) is 0 Å². The third kappa shape index (κ3) is 0.405. The van der Waals surface area contributed by atoms with Crippen LogP contribution in [0.1, 0.15) is 0 Å². The standard InChI is InChI=1S/C2H2BNO2/c5-2-1-3-6-4-2/h1H,(H,4,5). The van der Waals surface area contributed by atoms with Crippen molar-refractivity contribution in [3.63, 3.8) is 0 Å². The summed E-state index contributed by atoms with van der Waals surface area (Å²) in [6, 6.07) is 0. The summed E-state index contributed by atoms with van der Waals surface area (Å²) in [5, 5.41) is 2.07. The van der Waals surface area contributed by atoms with E-state index in [0.29, 0.717) is 0 Å². The zero-order chi connectivity index (χ0) is 4.41. The summed E-state index contributed by atoms with van der Waals surface area (Å²) < 4.78 is 4.28. The van der Waals surface area contributed by atoms with Crippen molar-refractivity contribution in [2.24, 2.45) is 0 Å². The minimum atomic E-state index is -0.199. The fourth-order valence-electron chi connectivity index (χ4n) is 0.222. The van der Waals surface area contributed by atoms with Crippen molar-refractivity contribution in [3.05, 3.63) is 16.3 Å². The first-order valence-corrected chi connectivity index (χ1v) is 1.52. The van der Waals surface area contributed by atoms with Gasteiger partial charge in [-0.1, -0.05) is 0 Å². The van der Waals surface area contributed by atoms with Gasteiger partial charge in [0.1, 0.15) is 0 Å². The predicted octanol–water partition coefficient (Wildman–Crippen LogP) is -0.694. The van der Waals surface area contributed by atoms with Gasteiger partial charge in [0.25, 0.3) is 0 Å². The van der Waals surface area contributed by atoms with Crippen molar-refractivity contribution in [2.45, 2.75) is 0 Å². The summed E-state index contributed by atoms with van der Waals surface area (Å²) in [4.78, 5) is 9.92. The van der Waals surface area contributed by atoms with E-state index >= 15 is 0 Å². The molecule has 1 rings (SSSR count). The van der Waals surface area contributed by atoms with Crippen LogP contribution in [-0.2, 0) is 0 Å². The molecule has 1 aromatic rings. The van der Waals surface area contributed by atoms with Crippen molar-refractivity contribution in [1.29, 1.82) is 0 Å². The van der Waals surface area contributed by atoms with Gasteiger partial charge in [0.2, 0.25) is 0 Å². The molecule has 1 N–H and O–H groups in total. The zero-order valence-corrected chi connectivity index (χ0v) is 2.97. The van der Waals surface area contributed by atoms with Crippen LogP contribution in [0.3, 0.4) is 0 Å². The Morgan fingerprint density at radius 1 is 2.00 bits per heavy atom. The summed E-state index contributed by atoms with van der Waals surface area (Å²) in [6.07, 6.45) is 0. The van der Waals surface area contributed by atoms with E-state index in [1.807, 2.05) is 0 Å². The minimum absolute atomic E-state index is 0.199. The van der Waals surface area contributed by atoms with Gasteiger partial charge >= 0.3 is 33.0 Å². The molecule has 0 saturated carbocycles. The molecule has 4 heteroatoms. The SMILES string of the molecule is O=c1cbo[nH]1. The molecular formula is C2H2BNO2. The number of hydrogen-bond acceptors (Lipinski definition) is 2. The van der Waals surface area contributed by atoms with Gasteiger partial charge in [-0.3, -0.25) is 0 Å². The van der Waals surface area contributed by atoms with Crippen LogP contribution in [0.5, 0.6) is 0 Å². The van der Waals surface area contributed by atoms with Gasteiger partial charge in [-0.05, 0) is 0 Å². The molecule has 0 atom stereocenters. The zero-order valence-electron chi connectivity index (χ0n) is 2.97. The Bertz CT molecular complexity index is 149. The number of H-pyrrole nitrogens is 1. The Morgan fingerprint density at radius 2 is 2.83 bits per heavy atom. The van der Waals surface area contributed by atoms with E-state index in [4.69, 9.17) is 0 Å². The van der Waals surface area contributed by atoms with Crippen molar-refractivity contribution < 1.29 is 4.44 Å². The van der Waals surface area contributed by atoms with E-state index < -0.39 is 0 Å². The van der Waals surface area contributed by atoms with Crippen molar-refractivity contribution >= 4 is 7.13 Å². The first-order valence-electron chi connectivity index (χ1n) is 1.52. The Labute approximate surface area is 34.2 Å². The predicted molar refractivity (Wildman–Crippen MR) is 20.7 cm³/mol. The first kappa shape index (κ1) is 3.40. The topological polar surface area (TPSA) is 46.0 Å². The monoisotopic (exact) mass is 83.0 g/mol. The quantitative estimate of drug-likeness (QED) is 0.451. The fourth-order valence-corrected chi connectivity index (χ4v) is 0.222. The van der Waals surface area contributed by atoms with Crippen LogP contribution in [-0.4, -0.2) is 12.3 Å². The second-order valence-corrected chi connectivity index (χ2v) is 0.887. The van der Waals surface area contributed by atoms with E-state index in [1.165, 1.54) is 13.1 Å². The molecule has 30 valence electrons. The van der Waals surface area contributed by atoms with Crippen LogP contribution in [0.4, 0.5) is 0 Å². The summed E-state index contributed by atoms with van der Waals surface area (Å²) in [5.74, 6) is 1.31. The molecule has 0 spiro atoms. The first-order chi connectivity index (χ1) is 2.89. The number of aromatic nitrogens is 1. The Hall–Kier alpha value is -0.795. The molecule has 0 amide bonds. The summed E-state index contributed by atoms with van der Waals surface area (Å²) in [7, 11) is 1.29. The van der Waals surface area contributed by atoms with Gasteiger partial charge < -0.3 is 0 Å². The van der Waals surface area contributed by atoms with Crippen molar-refractivity contribution in [2.75, 3.05) is 0 Å². The molecule has 0 aliphatic carbocycles. The van der Waals surface area contributed by atoms with E-state index in [0.717, 1.165) is 0 Å². The molecule has 6 heavy (non-hydrogen) atoms. The molecule has 3 nitrogen and oxygen atoms in total. The van der Waals surface area contributed by atoms with E-state index in [-0.39, 0.29) is 5.56 Å². The molecular weight excluding hydrogens is 80.8 g/mol. The third-order valence-electron chi connectivity index (χ3n) is 0.447. The molecule has 0 bridgehead atoms. The molecule has 0 saturated heterocycles.